The Bertz CT molecular complexity index is 190. The normalized spacial score (nSPS) is 21.4. The molecule has 1 aliphatic heterocycles. The largest absolute Gasteiger partial charge is 0.365 e. The molecule has 0 saturated carbocycles. The molecule has 2 nitrogen and oxygen atoms in total. The van der Waals surface area contributed by atoms with Crippen LogP contribution in [0.1, 0.15) is 40.0 Å². The van der Waals surface area contributed by atoms with Gasteiger partial charge >= 0.3 is 0 Å². The van der Waals surface area contributed by atoms with Crippen LogP contribution < -0.4 is 5.32 Å². The van der Waals surface area contributed by atoms with Crippen LogP contribution in [0.4, 0.5) is 0 Å². The smallest absolute Gasteiger partial charge is 0.156 e. The molecule has 1 unspecified atom stereocenters. The molecule has 0 amide bonds. The maximum Gasteiger partial charge on any atom is 0.156 e. The summed E-state index contributed by atoms with van der Waals surface area (Å²) >= 11 is 1.87. The van der Waals surface area contributed by atoms with Gasteiger partial charge in [0.05, 0.1) is 6.54 Å². The molecule has 0 spiro atoms. The number of nitrogens with zero attached hydrogens (tertiary/aromatic N) is 1. The summed E-state index contributed by atoms with van der Waals surface area (Å²) in [5.74, 6) is 0.841. The van der Waals surface area contributed by atoms with Crippen molar-refractivity contribution in [3.63, 3.8) is 0 Å². The van der Waals surface area contributed by atoms with Crippen LogP contribution >= 0.6 is 11.8 Å². The minimum Gasteiger partial charge on any atom is -0.365 e. The zero-order chi connectivity index (χ0) is 10.4. The van der Waals surface area contributed by atoms with Crippen LogP contribution in [0, 0.1) is 5.92 Å². The molecule has 0 aromatic heterocycles. The van der Waals surface area contributed by atoms with E-state index in [4.69, 9.17) is 0 Å². The summed E-state index contributed by atoms with van der Waals surface area (Å²) in [5.41, 5.74) is 0. The van der Waals surface area contributed by atoms with Gasteiger partial charge in [0.2, 0.25) is 0 Å². The third-order valence-corrected chi connectivity index (χ3v) is 3.34. The summed E-state index contributed by atoms with van der Waals surface area (Å²) in [7, 11) is 0. The molecule has 0 bridgehead atoms. The molecule has 0 aromatic carbocycles. The molecule has 1 atom stereocenters. The Hall–Kier alpha value is -0.180. The van der Waals surface area contributed by atoms with Crippen molar-refractivity contribution in [3.05, 3.63) is 0 Å². The van der Waals surface area contributed by atoms with E-state index < -0.39 is 0 Å². The minimum absolute atomic E-state index is 0.674. The predicted octanol–water partition coefficient (Wildman–Crippen LogP) is 2.89. The quantitative estimate of drug-likeness (QED) is 0.712. The zero-order valence-corrected chi connectivity index (χ0v) is 10.4. The highest BCUT2D eigenvalue weighted by Crippen LogP contribution is 2.18. The molecule has 0 saturated heterocycles. The second-order valence-electron chi connectivity index (χ2n) is 4.39. The van der Waals surface area contributed by atoms with Gasteiger partial charge in [0.15, 0.2) is 5.17 Å². The summed E-state index contributed by atoms with van der Waals surface area (Å²) in [6.45, 7) is 8.86. The first-order valence-electron chi connectivity index (χ1n) is 5.63. The number of thioether (sulfide) groups is 1. The molecule has 1 heterocycles. The molecular formula is C11H22N2S. The van der Waals surface area contributed by atoms with Crippen molar-refractivity contribution in [1.82, 2.24) is 5.32 Å². The second kappa shape index (κ2) is 6.33. The van der Waals surface area contributed by atoms with Crippen LogP contribution in [0.15, 0.2) is 4.99 Å². The number of aliphatic imine (C=N–C) groups is 1. The molecule has 82 valence electrons. The van der Waals surface area contributed by atoms with Gasteiger partial charge in [-0.1, -0.05) is 45.4 Å². The van der Waals surface area contributed by atoms with Crippen molar-refractivity contribution in [3.8, 4) is 0 Å². The van der Waals surface area contributed by atoms with Gasteiger partial charge in [-0.2, -0.15) is 0 Å². The number of rotatable bonds is 5. The SMILES string of the molecule is CC(C)CCCCNC1=NCC(C)S1. The first-order valence-corrected chi connectivity index (χ1v) is 6.51. The molecular weight excluding hydrogens is 192 g/mol. The van der Waals surface area contributed by atoms with Gasteiger partial charge in [-0.15, -0.1) is 0 Å². The van der Waals surface area contributed by atoms with E-state index in [9.17, 15) is 0 Å². The Balaban J connectivity index is 1.94. The predicted molar refractivity (Wildman–Crippen MR) is 66.0 cm³/mol. The van der Waals surface area contributed by atoms with Crippen LogP contribution in [0.2, 0.25) is 0 Å². The fourth-order valence-corrected chi connectivity index (χ4v) is 2.31. The molecule has 0 fully saturated rings. The Morgan fingerprint density at radius 2 is 2.29 bits per heavy atom. The van der Waals surface area contributed by atoms with E-state index in [1.807, 2.05) is 11.8 Å². The van der Waals surface area contributed by atoms with Gasteiger partial charge in [-0.3, -0.25) is 4.99 Å². The molecule has 0 radical (unpaired) electrons. The van der Waals surface area contributed by atoms with E-state index in [1.54, 1.807) is 0 Å². The average Bonchev–Trinajstić information content (AvgIpc) is 2.50. The van der Waals surface area contributed by atoms with Crippen molar-refractivity contribution in [2.75, 3.05) is 13.1 Å². The van der Waals surface area contributed by atoms with Gasteiger partial charge in [0.1, 0.15) is 0 Å². The number of unbranched alkanes of at least 4 members (excludes halogenated alkanes) is 1. The number of hydrogen-bond donors (Lipinski definition) is 1. The average molecular weight is 214 g/mol. The summed E-state index contributed by atoms with van der Waals surface area (Å²) in [6.07, 6.45) is 3.95. The van der Waals surface area contributed by atoms with Crippen LogP contribution in [0.5, 0.6) is 0 Å². The third kappa shape index (κ3) is 4.89. The number of nitrogens with one attached hydrogen (secondary N) is 1. The molecule has 1 aliphatic rings. The van der Waals surface area contributed by atoms with Gasteiger partial charge in [0.25, 0.3) is 0 Å². The van der Waals surface area contributed by atoms with Crippen LogP contribution in [0.3, 0.4) is 0 Å². The Morgan fingerprint density at radius 1 is 1.50 bits per heavy atom. The molecule has 14 heavy (non-hydrogen) atoms. The highest BCUT2D eigenvalue weighted by atomic mass is 32.2. The van der Waals surface area contributed by atoms with Gasteiger partial charge in [0, 0.05) is 11.8 Å². The van der Waals surface area contributed by atoms with E-state index in [-0.39, 0.29) is 0 Å². The van der Waals surface area contributed by atoms with E-state index >= 15 is 0 Å². The summed E-state index contributed by atoms with van der Waals surface area (Å²) in [5, 5.41) is 5.23. The summed E-state index contributed by atoms with van der Waals surface area (Å²) in [4.78, 5) is 4.42. The number of amidine groups is 1. The van der Waals surface area contributed by atoms with Crippen molar-refractivity contribution >= 4 is 16.9 Å². The van der Waals surface area contributed by atoms with Crippen LogP contribution in [-0.4, -0.2) is 23.5 Å². The lowest BCUT2D eigenvalue weighted by molar-refractivity contribution is 0.536. The van der Waals surface area contributed by atoms with Gasteiger partial charge in [-0.05, 0) is 12.3 Å². The fourth-order valence-electron chi connectivity index (χ4n) is 1.45. The Morgan fingerprint density at radius 3 is 2.86 bits per heavy atom. The van der Waals surface area contributed by atoms with E-state index in [2.05, 4.69) is 31.1 Å². The molecule has 1 N–H and O–H groups in total. The van der Waals surface area contributed by atoms with Gasteiger partial charge < -0.3 is 5.32 Å². The lowest BCUT2D eigenvalue weighted by atomic mass is 10.1. The fraction of sp³-hybridized carbons (Fsp3) is 0.909. The van der Waals surface area contributed by atoms with Crippen LogP contribution in [-0.2, 0) is 0 Å². The Labute approximate surface area is 92.0 Å². The van der Waals surface area contributed by atoms with Gasteiger partial charge in [-0.25, -0.2) is 0 Å². The molecule has 0 aliphatic carbocycles. The first kappa shape index (κ1) is 11.9. The van der Waals surface area contributed by atoms with Crippen LogP contribution in [0.25, 0.3) is 0 Å². The maximum atomic E-state index is 4.42. The van der Waals surface area contributed by atoms with Crippen molar-refractivity contribution in [2.24, 2.45) is 10.9 Å². The zero-order valence-electron chi connectivity index (χ0n) is 9.55. The van der Waals surface area contributed by atoms with E-state index in [0.29, 0.717) is 5.25 Å². The third-order valence-electron chi connectivity index (χ3n) is 2.29. The minimum atomic E-state index is 0.674. The highest BCUT2D eigenvalue weighted by molar-refractivity contribution is 8.14. The molecule has 1 rings (SSSR count). The van der Waals surface area contributed by atoms with Crippen molar-refractivity contribution in [2.45, 2.75) is 45.3 Å². The summed E-state index contributed by atoms with van der Waals surface area (Å²) < 4.78 is 0. The topological polar surface area (TPSA) is 24.4 Å². The Kier molecular flexibility index (Phi) is 5.38. The van der Waals surface area contributed by atoms with Crippen molar-refractivity contribution < 1.29 is 0 Å². The highest BCUT2D eigenvalue weighted by Gasteiger charge is 2.13. The van der Waals surface area contributed by atoms with E-state index in [1.165, 1.54) is 19.3 Å². The summed E-state index contributed by atoms with van der Waals surface area (Å²) in [6, 6.07) is 0. The molecule has 3 heteroatoms. The monoisotopic (exact) mass is 214 g/mol. The molecule has 0 aromatic rings. The first-order chi connectivity index (χ1) is 6.68. The lowest BCUT2D eigenvalue weighted by Crippen LogP contribution is -2.20. The lowest BCUT2D eigenvalue weighted by Gasteiger charge is -2.06. The standard InChI is InChI=1S/C11H22N2S/c1-9(2)6-4-5-7-12-11-13-8-10(3)14-11/h9-10H,4-8H2,1-3H3,(H,12,13). The second-order valence-corrected chi connectivity index (χ2v) is 5.82. The maximum absolute atomic E-state index is 4.42. The van der Waals surface area contributed by atoms with Crippen molar-refractivity contribution in [1.29, 1.82) is 0 Å². The number of hydrogen-bond acceptors (Lipinski definition) is 3. The van der Waals surface area contributed by atoms with E-state index in [0.717, 1.165) is 24.2 Å².